The van der Waals surface area contributed by atoms with Crippen LogP contribution >= 0.6 is 11.6 Å². The van der Waals surface area contributed by atoms with Crippen LogP contribution in [0.3, 0.4) is 0 Å². The van der Waals surface area contributed by atoms with Crippen molar-refractivity contribution in [2.45, 2.75) is 27.7 Å². The van der Waals surface area contributed by atoms with E-state index in [1.165, 1.54) is 5.56 Å². The first kappa shape index (κ1) is 16.4. The minimum Gasteiger partial charge on any atom is -0.483 e. The number of nitrogens with one attached hydrogen (secondary N) is 1. The molecular formula is C18H20ClNO2. The number of carbonyl (C=O) groups is 1. The van der Waals surface area contributed by atoms with E-state index in [-0.39, 0.29) is 12.5 Å². The van der Waals surface area contributed by atoms with Crippen molar-refractivity contribution in [1.82, 2.24) is 0 Å². The normalized spacial score (nSPS) is 10.4. The molecule has 2 aromatic carbocycles. The fourth-order valence-electron chi connectivity index (χ4n) is 2.40. The fraction of sp³-hybridized carbons (Fsp3) is 0.278. The molecule has 4 heteroatoms. The Labute approximate surface area is 136 Å². The van der Waals surface area contributed by atoms with Gasteiger partial charge in [0.05, 0.1) is 0 Å². The van der Waals surface area contributed by atoms with Crippen LogP contribution in [0.25, 0.3) is 0 Å². The summed E-state index contributed by atoms with van der Waals surface area (Å²) in [6, 6.07) is 9.51. The minimum absolute atomic E-state index is 0.0315. The lowest BCUT2D eigenvalue weighted by Gasteiger charge is -2.13. The van der Waals surface area contributed by atoms with Crippen molar-refractivity contribution in [3.63, 3.8) is 0 Å². The molecule has 0 spiro atoms. The van der Waals surface area contributed by atoms with Crippen LogP contribution in [0, 0.1) is 27.7 Å². The zero-order chi connectivity index (χ0) is 16.3. The van der Waals surface area contributed by atoms with Gasteiger partial charge in [0.1, 0.15) is 5.75 Å². The molecule has 0 aliphatic rings. The third kappa shape index (κ3) is 4.01. The molecule has 0 radical (unpaired) electrons. The Morgan fingerprint density at radius 3 is 2.27 bits per heavy atom. The Hall–Kier alpha value is -2.00. The number of rotatable bonds is 4. The fourth-order valence-corrected chi connectivity index (χ4v) is 2.58. The van der Waals surface area contributed by atoms with Crippen molar-refractivity contribution < 1.29 is 9.53 Å². The van der Waals surface area contributed by atoms with E-state index in [1.807, 2.05) is 52.0 Å². The lowest BCUT2D eigenvalue weighted by molar-refractivity contribution is -0.118. The summed E-state index contributed by atoms with van der Waals surface area (Å²) in [6.45, 7) is 7.88. The molecule has 2 aromatic rings. The van der Waals surface area contributed by atoms with E-state index in [2.05, 4.69) is 5.32 Å². The number of hydrogen-bond donors (Lipinski definition) is 1. The first-order valence-electron chi connectivity index (χ1n) is 7.13. The molecule has 116 valence electrons. The van der Waals surface area contributed by atoms with Crippen molar-refractivity contribution in [1.29, 1.82) is 0 Å². The van der Waals surface area contributed by atoms with Crippen molar-refractivity contribution in [2.75, 3.05) is 11.9 Å². The lowest BCUT2D eigenvalue weighted by Crippen LogP contribution is -2.20. The molecule has 0 saturated carbocycles. The van der Waals surface area contributed by atoms with Gasteiger partial charge in [0.15, 0.2) is 6.61 Å². The molecule has 1 amide bonds. The van der Waals surface area contributed by atoms with Gasteiger partial charge < -0.3 is 10.1 Å². The molecule has 0 aliphatic heterocycles. The molecular weight excluding hydrogens is 298 g/mol. The largest absolute Gasteiger partial charge is 0.483 e. The highest BCUT2D eigenvalue weighted by atomic mass is 35.5. The number of aryl methyl sites for hydroxylation is 4. The van der Waals surface area contributed by atoms with Gasteiger partial charge in [-0.2, -0.15) is 0 Å². The Balaban J connectivity index is 2.00. The van der Waals surface area contributed by atoms with E-state index >= 15 is 0 Å². The zero-order valence-electron chi connectivity index (χ0n) is 13.3. The van der Waals surface area contributed by atoms with Gasteiger partial charge >= 0.3 is 0 Å². The van der Waals surface area contributed by atoms with Crippen molar-refractivity contribution in [3.8, 4) is 5.75 Å². The summed E-state index contributed by atoms with van der Waals surface area (Å²) < 4.78 is 5.67. The predicted molar refractivity (Wildman–Crippen MR) is 91.0 cm³/mol. The Morgan fingerprint density at radius 1 is 1.05 bits per heavy atom. The Bertz CT molecular complexity index is 687. The summed E-state index contributed by atoms with van der Waals surface area (Å²) in [5.41, 5.74) is 4.89. The molecule has 0 aromatic heterocycles. The Kier molecular flexibility index (Phi) is 5.09. The molecule has 0 fully saturated rings. The number of carbonyl (C=O) groups excluding carboxylic acids is 1. The summed E-state index contributed by atoms with van der Waals surface area (Å²) in [5.74, 6) is 0.557. The SMILES string of the molecule is Cc1cc(C)c(OCC(=O)Nc2ccc(C)c(Cl)c2)c(C)c1. The maximum absolute atomic E-state index is 12.0. The molecule has 0 unspecified atom stereocenters. The second-order valence-corrected chi connectivity index (χ2v) is 5.94. The number of ether oxygens (including phenoxy) is 1. The van der Waals surface area contributed by atoms with Crippen molar-refractivity contribution >= 4 is 23.2 Å². The van der Waals surface area contributed by atoms with Crippen LogP contribution in [-0.2, 0) is 4.79 Å². The van der Waals surface area contributed by atoms with E-state index < -0.39 is 0 Å². The monoisotopic (exact) mass is 317 g/mol. The van der Waals surface area contributed by atoms with E-state index in [1.54, 1.807) is 6.07 Å². The van der Waals surface area contributed by atoms with Gasteiger partial charge in [0.25, 0.3) is 5.91 Å². The van der Waals surface area contributed by atoms with Gasteiger partial charge in [-0.3, -0.25) is 4.79 Å². The topological polar surface area (TPSA) is 38.3 Å². The molecule has 0 atom stereocenters. The molecule has 0 aliphatic carbocycles. The van der Waals surface area contributed by atoms with Crippen LogP contribution in [0.15, 0.2) is 30.3 Å². The van der Waals surface area contributed by atoms with Crippen LogP contribution in [0.2, 0.25) is 5.02 Å². The molecule has 0 saturated heterocycles. The predicted octanol–water partition coefficient (Wildman–Crippen LogP) is 4.59. The van der Waals surface area contributed by atoms with Crippen LogP contribution in [0.4, 0.5) is 5.69 Å². The average molecular weight is 318 g/mol. The number of hydrogen-bond acceptors (Lipinski definition) is 2. The van der Waals surface area contributed by atoms with Crippen molar-refractivity contribution in [2.24, 2.45) is 0 Å². The van der Waals surface area contributed by atoms with Crippen molar-refractivity contribution in [3.05, 3.63) is 57.6 Å². The van der Waals surface area contributed by atoms with Gasteiger partial charge in [-0.1, -0.05) is 35.4 Å². The quantitative estimate of drug-likeness (QED) is 0.895. The Morgan fingerprint density at radius 2 is 1.68 bits per heavy atom. The highest BCUT2D eigenvalue weighted by Gasteiger charge is 2.09. The van der Waals surface area contributed by atoms with Crippen LogP contribution in [-0.4, -0.2) is 12.5 Å². The van der Waals surface area contributed by atoms with Gasteiger partial charge in [0, 0.05) is 10.7 Å². The second-order valence-electron chi connectivity index (χ2n) is 5.53. The molecule has 2 rings (SSSR count). The van der Waals surface area contributed by atoms with Gasteiger partial charge in [-0.05, 0) is 56.5 Å². The first-order chi connectivity index (χ1) is 10.4. The highest BCUT2D eigenvalue weighted by molar-refractivity contribution is 6.31. The summed E-state index contributed by atoms with van der Waals surface area (Å²) >= 11 is 6.04. The smallest absolute Gasteiger partial charge is 0.262 e. The van der Waals surface area contributed by atoms with E-state index in [0.717, 1.165) is 22.4 Å². The van der Waals surface area contributed by atoms with Crippen LogP contribution < -0.4 is 10.1 Å². The third-order valence-electron chi connectivity index (χ3n) is 3.41. The van der Waals surface area contributed by atoms with Gasteiger partial charge in [0.2, 0.25) is 0 Å². The summed E-state index contributed by atoms with van der Waals surface area (Å²) in [7, 11) is 0. The van der Waals surface area contributed by atoms with E-state index in [4.69, 9.17) is 16.3 Å². The number of amides is 1. The highest BCUT2D eigenvalue weighted by Crippen LogP contribution is 2.24. The van der Waals surface area contributed by atoms with E-state index in [0.29, 0.717) is 10.7 Å². The number of anilines is 1. The van der Waals surface area contributed by atoms with Gasteiger partial charge in [-0.15, -0.1) is 0 Å². The molecule has 1 N–H and O–H groups in total. The summed E-state index contributed by atoms with van der Waals surface area (Å²) in [6.07, 6.45) is 0. The average Bonchev–Trinajstić information content (AvgIpc) is 2.41. The number of benzene rings is 2. The summed E-state index contributed by atoms with van der Waals surface area (Å²) in [4.78, 5) is 12.0. The second kappa shape index (κ2) is 6.84. The van der Waals surface area contributed by atoms with Crippen LogP contribution in [0.5, 0.6) is 5.75 Å². The first-order valence-corrected chi connectivity index (χ1v) is 7.51. The van der Waals surface area contributed by atoms with Gasteiger partial charge in [-0.25, -0.2) is 0 Å². The third-order valence-corrected chi connectivity index (χ3v) is 3.82. The standard InChI is InChI=1S/C18H20ClNO2/c1-11-7-13(3)18(14(4)8-11)22-10-17(21)20-15-6-5-12(2)16(19)9-15/h5-9H,10H2,1-4H3,(H,20,21). The van der Waals surface area contributed by atoms with E-state index in [9.17, 15) is 4.79 Å². The maximum atomic E-state index is 12.0. The molecule has 22 heavy (non-hydrogen) atoms. The molecule has 3 nitrogen and oxygen atoms in total. The zero-order valence-corrected chi connectivity index (χ0v) is 14.0. The summed E-state index contributed by atoms with van der Waals surface area (Å²) in [5, 5.41) is 3.41. The minimum atomic E-state index is -0.209. The maximum Gasteiger partial charge on any atom is 0.262 e. The molecule has 0 heterocycles. The number of halogens is 1. The van der Waals surface area contributed by atoms with Crippen LogP contribution in [0.1, 0.15) is 22.3 Å². The molecule has 0 bridgehead atoms. The lowest BCUT2D eigenvalue weighted by atomic mass is 10.1.